The summed E-state index contributed by atoms with van der Waals surface area (Å²) >= 11 is 1.16. The van der Waals surface area contributed by atoms with Crippen molar-refractivity contribution in [1.82, 2.24) is 4.90 Å². The number of carbonyl (C=O) groups excluding carboxylic acids is 3. The van der Waals surface area contributed by atoms with Crippen LogP contribution in [-0.4, -0.2) is 47.5 Å². The summed E-state index contributed by atoms with van der Waals surface area (Å²) in [6, 6.07) is 16.1. The van der Waals surface area contributed by atoms with Crippen LogP contribution < -0.4 is 5.32 Å². The lowest BCUT2D eigenvalue weighted by atomic mass is 10.3. The highest BCUT2D eigenvalue weighted by Gasteiger charge is 2.24. The smallest absolute Gasteiger partial charge is 0.326 e. The Morgan fingerprint density at radius 2 is 1.71 bits per heavy atom. The molecule has 0 atom stereocenters. The molecule has 8 nitrogen and oxygen atoms in total. The van der Waals surface area contributed by atoms with Gasteiger partial charge >= 0.3 is 5.97 Å². The first-order valence-corrected chi connectivity index (χ1v) is 9.53. The number of nitrogens with one attached hydrogen (secondary N) is 1. The van der Waals surface area contributed by atoms with E-state index in [-0.39, 0.29) is 11.8 Å². The molecule has 9 heteroatoms. The van der Waals surface area contributed by atoms with E-state index in [0.29, 0.717) is 23.7 Å². The van der Waals surface area contributed by atoms with Crippen LogP contribution in [0, 0.1) is 0 Å². The maximum atomic E-state index is 11.9. The molecule has 2 aromatic carbocycles. The Kier molecular flexibility index (Phi) is 6.74. The zero-order valence-electron chi connectivity index (χ0n) is 14.9. The Bertz CT molecular complexity index is 871. The largest absolute Gasteiger partial charge is 0.454 e. The standard InChI is InChI=1S/C19H18N4O4S/c24-17(13-27-18(25)12-23-10-11-28-19(23)26)20-14-6-8-16(9-7-14)22-21-15-4-2-1-3-5-15/h1-9H,10-13H2,(H,20,24). The molecule has 0 saturated carbocycles. The van der Waals surface area contributed by atoms with Gasteiger partial charge in [-0.1, -0.05) is 30.0 Å². The summed E-state index contributed by atoms with van der Waals surface area (Å²) in [5, 5.41) is 10.7. The minimum Gasteiger partial charge on any atom is -0.454 e. The molecule has 1 N–H and O–H groups in total. The van der Waals surface area contributed by atoms with Gasteiger partial charge < -0.3 is 15.0 Å². The van der Waals surface area contributed by atoms with Crippen LogP contribution in [-0.2, 0) is 14.3 Å². The number of azo groups is 1. The molecule has 2 amide bonds. The third-order valence-electron chi connectivity index (χ3n) is 3.72. The van der Waals surface area contributed by atoms with Crippen molar-refractivity contribution < 1.29 is 19.1 Å². The number of hydrogen-bond donors (Lipinski definition) is 1. The number of benzene rings is 2. The van der Waals surface area contributed by atoms with Crippen LogP contribution in [0.2, 0.25) is 0 Å². The molecule has 0 spiro atoms. The predicted octanol–water partition coefficient (Wildman–Crippen LogP) is 3.75. The summed E-state index contributed by atoms with van der Waals surface area (Å²) < 4.78 is 4.91. The van der Waals surface area contributed by atoms with Crippen LogP contribution in [0.15, 0.2) is 64.8 Å². The molecule has 0 radical (unpaired) electrons. The third kappa shape index (κ3) is 5.92. The first kappa shape index (κ1) is 19.6. The fraction of sp³-hybridized carbons (Fsp3) is 0.211. The number of thioether (sulfide) groups is 1. The van der Waals surface area contributed by atoms with Crippen molar-refractivity contribution >= 4 is 45.9 Å². The van der Waals surface area contributed by atoms with Gasteiger partial charge in [0, 0.05) is 18.0 Å². The highest BCUT2D eigenvalue weighted by atomic mass is 32.2. The topological polar surface area (TPSA) is 100 Å². The van der Waals surface area contributed by atoms with Gasteiger partial charge in [-0.2, -0.15) is 10.2 Å². The highest BCUT2D eigenvalue weighted by molar-refractivity contribution is 8.13. The number of nitrogens with zero attached hydrogens (tertiary/aromatic N) is 3. The summed E-state index contributed by atoms with van der Waals surface area (Å²) in [6.45, 7) is -0.0392. The SMILES string of the molecule is O=C(COC(=O)CN1CCSC1=O)Nc1ccc(N=Nc2ccccc2)cc1. The molecule has 3 rings (SSSR count). The molecule has 0 aromatic heterocycles. The molecule has 2 aromatic rings. The van der Waals surface area contributed by atoms with E-state index < -0.39 is 18.5 Å². The zero-order chi connectivity index (χ0) is 19.8. The van der Waals surface area contributed by atoms with Crippen LogP contribution in [0.25, 0.3) is 0 Å². The van der Waals surface area contributed by atoms with E-state index in [2.05, 4.69) is 15.5 Å². The number of anilines is 1. The van der Waals surface area contributed by atoms with Crippen molar-refractivity contribution in [3.8, 4) is 0 Å². The normalized spacial score (nSPS) is 13.7. The average molecular weight is 398 g/mol. The average Bonchev–Trinajstić information content (AvgIpc) is 3.11. The minimum atomic E-state index is -0.609. The van der Waals surface area contributed by atoms with Crippen LogP contribution in [0.4, 0.5) is 21.9 Å². The van der Waals surface area contributed by atoms with E-state index >= 15 is 0 Å². The summed E-state index contributed by atoms with van der Waals surface area (Å²) in [6.07, 6.45) is 0. The van der Waals surface area contributed by atoms with Crippen LogP contribution in [0.1, 0.15) is 0 Å². The van der Waals surface area contributed by atoms with Gasteiger partial charge in [0.15, 0.2) is 6.61 Å². The number of esters is 1. The van der Waals surface area contributed by atoms with Crippen molar-refractivity contribution in [2.24, 2.45) is 10.2 Å². The van der Waals surface area contributed by atoms with Crippen molar-refractivity contribution in [3.63, 3.8) is 0 Å². The second-order valence-corrected chi connectivity index (χ2v) is 6.87. The Morgan fingerprint density at radius 1 is 1.04 bits per heavy atom. The van der Waals surface area contributed by atoms with Crippen molar-refractivity contribution in [1.29, 1.82) is 0 Å². The lowest BCUT2D eigenvalue weighted by molar-refractivity contribution is -0.147. The quantitative estimate of drug-likeness (QED) is 0.565. The summed E-state index contributed by atoms with van der Waals surface area (Å²) in [5.41, 5.74) is 1.93. The van der Waals surface area contributed by atoms with Gasteiger partial charge in [0.1, 0.15) is 6.54 Å². The number of hydrogen-bond acceptors (Lipinski definition) is 7. The lowest BCUT2D eigenvalue weighted by Crippen LogP contribution is -2.32. The van der Waals surface area contributed by atoms with Gasteiger partial charge in [-0.25, -0.2) is 0 Å². The molecule has 1 aliphatic heterocycles. The first-order chi connectivity index (χ1) is 13.6. The van der Waals surface area contributed by atoms with Crippen molar-refractivity contribution in [3.05, 3.63) is 54.6 Å². The van der Waals surface area contributed by atoms with Crippen molar-refractivity contribution in [2.75, 3.05) is 30.8 Å². The molecule has 144 valence electrons. The second kappa shape index (κ2) is 9.65. The van der Waals surface area contributed by atoms with E-state index in [1.165, 1.54) is 4.90 Å². The number of rotatable bonds is 7. The maximum absolute atomic E-state index is 11.9. The van der Waals surface area contributed by atoms with E-state index in [1.807, 2.05) is 30.3 Å². The Morgan fingerprint density at radius 3 is 2.36 bits per heavy atom. The van der Waals surface area contributed by atoms with Crippen molar-refractivity contribution in [2.45, 2.75) is 0 Å². The number of amides is 2. The maximum Gasteiger partial charge on any atom is 0.326 e. The molecule has 0 unspecified atom stereocenters. The molecule has 1 heterocycles. The van der Waals surface area contributed by atoms with Crippen LogP contribution >= 0.6 is 11.8 Å². The number of ether oxygens (including phenoxy) is 1. The van der Waals surface area contributed by atoms with Gasteiger partial charge in [0.05, 0.1) is 11.4 Å². The van der Waals surface area contributed by atoms with Gasteiger partial charge in [0.2, 0.25) is 0 Å². The van der Waals surface area contributed by atoms with E-state index in [1.54, 1.807) is 24.3 Å². The van der Waals surface area contributed by atoms with Gasteiger partial charge in [-0.05, 0) is 36.4 Å². The zero-order valence-corrected chi connectivity index (χ0v) is 15.7. The minimum absolute atomic E-state index is 0.139. The van der Waals surface area contributed by atoms with Crippen LogP contribution in [0.3, 0.4) is 0 Å². The third-order valence-corrected chi connectivity index (χ3v) is 4.61. The highest BCUT2D eigenvalue weighted by Crippen LogP contribution is 2.20. The van der Waals surface area contributed by atoms with E-state index in [9.17, 15) is 14.4 Å². The molecule has 1 fully saturated rings. The molecular formula is C19H18N4O4S. The van der Waals surface area contributed by atoms with Gasteiger partial charge in [-0.3, -0.25) is 14.4 Å². The van der Waals surface area contributed by atoms with Gasteiger partial charge in [0.25, 0.3) is 11.1 Å². The Hall–Kier alpha value is -3.20. The molecule has 28 heavy (non-hydrogen) atoms. The lowest BCUT2D eigenvalue weighted by Gasteiger charge is -2.13. The van der Waals surface area contributed by atoms with Gasteiger partial charge in [-0.15, -0.1) is 0 Å². The Labute approximate surface area is 166 Å². The fourth-order valence-corrected chi connectivity index (χ4v) is 3.16. The summed E-state index contributed by atoms with van der Waals surface area (Å²) in [5.74, 6) is -0.412. The number of carbonyl (C=O) groups is 3. The van der Waals surface area contributed by atoms with E-state index in [0.717, 1.165) is 17.4 Å². The molecular weight excluding hydrogens is 380 g/mol. The Balaban J connectivity index is 1.43. The predicted molar refractivity (Wildman–Crippen MR) is 106 cm³/mol. The second-order valence-electron chi connectivity index (χ2n) is 5.83. The molecule has 1 saturated heterocycles. The summed E-state index contributed by atoms with van der Waals surface area (Å²) in [4.78, 5) is 36.4. The van der Waals surface area contributed by atoms with Crippen LogP contribution in [0.5, 0.6) is 0 Å². The van der Waals surface area contributed by atoms with E-state index in [4.69, 9.17) is 4.74 Å². The monoisotopic (exact) mass is 398 g/mol. The molecule has 0 bridgehead atoms. The first-order valence-electron chi connectivity index (χ1n) is 8.54. The molecule has 0 aliphatic carbocycles. The summed E-state index contributed by atoms with van der Waals surface area (Å²) in [7, 11) is 0. The fourth-order valence-electron chi connectivity index (χ4n) is 2.34. The molecule has 1 aliphatic rings.